The number of aryl methyl sites for hydroxylation is 1. The molecule has 0 bridgehead atoms. The highest BCUT2D eigenvalue weighted by atomic mass is 36.0. The van der Waals surface area contributed by atoms with Crippen LogP contribution in [0.4, 0.5) is 0 Å². The number of halogens is 9. The Morgan fingerprint density at radius 3 is 1.11 bits per heavy atom. The van der Waals surface area contributed by atoms with E-state index in [1.165, 1.54) is 53.1 Å². The topological polar surface area (TPSA) is 264 Å². The molecule has 4 aromatic rings. The monoisotopic (exact) mass is 1180 g/mol. The largest absolute Gasteiger partial charge is 0.477 e. The number of carbonyl (C=O) groups excluding carboxylic acids is 4. The average Bonchev–Trinajstić information content (AvgIpc) is 3.21. The third-order valence-electron chi connectivity index (χ3n) is 5.17. The fraction of sp³-hybridized carbons (Fsp3) is 0.394. The third-order valence-corrected chi connectivity index (χ3v) is 9.12. The molecule has 0 aliphatic carbocycles. The van der Waals surface area contributed by atoms with Gasteiger partial charge in [0, 0.05) is 34.0 Å². The first-order chi connectivity index (χ1) is 30.5. The quantitative estimate of drug-likeness (QED) is 0.0518. The molecular formula is C33H39Cl9N8O10S5. The Morgan fingerprint density at radius 1 is 0.600 bits per heavy atom. The number of aliphatic hydroxyl groups is 1. The lowest BCUT2D eigenvalue weighted by Gasteiger charge is -2.07. The number of carboxylic acid groups (broad SMARTS) is 1. The summed E-state index contributed by atoms with van der Waals surface area (Å²) in [5.41, 5.74) is 0.535. The Hall–Kier alpha value is -1.77. The minimum atomic E-state index is -1.67. The first-order valence-electron chi connectivity index (χ1n) is 16.8. The first kappa shape index (κ1) is 69.8. The lowest BCUT2D eigenvalue weighted by atomic mass is 10.2. The van der Waals surface area contributed by atoms with Crippen LogP contribution in [0.3, 0.4) is 0 Å². The van der Waals surface area contributed by atoms with E-state index in [1.807, 2.05) is 26.4 Å². The van der Waals surface area contributed by atoms with Gasteiger partial charge in [0.15, 0.2) is 20.6 Å². The predicted octanol–water partition coefficient (Wildman–Crippen LogP) is 11.2. The van der Waals surface area contributed by atoms with Crippen LogP contribution in [0.15, 0.2) is 26.7 Å². The van der Waals surface area contributed by atoms with E-state index in [4.69, 9.17) is 115 Å². The smallest absolute Gasteiger partial charge is 0.373 e. The number of thioether (sulfide) groups is 4. The molecule has 32 heteroatoms. The molecule has 0 amide bonds. The van der Waals surface area contributed by atoms with E-state index in [1.54, 1.807) is 40.2 Å². The van der Waals surface area contributed by atoms with E-state index in [0.29, 0.717) is 43.2 Å². The summed E-state index contributed by atoms with van der Waals surface area (Å²) in [5, 5.41) is 18.8. The zero-order chi connectivity index (χ0) is 51.4. The van der Waals surface area contributed by atoms with Crippen molar-refractivity contribution in [2.24, 2.45) is 0 Å². The van der Waals surface area contributed by atoms with Gasteiger partial charge in [-0.15, -0.1) is 0 Å². The fourth-order valence-corrected chi connectivity index (χ4v) is 6.69. The molecule has 0 unspecified atom stereocenters. The Labute approximate surface area is 438 Å². The van der Waals surface area contributed by atoms with Crippen LogP contribution in [-0.4, -0.2) is 123 Å². The molecule has 0 fully saturated rings. The summed E-state index contributed by atoms with van der Waals surface area (Å²) >= 11 is 45.1. The highest BCUT2D eigenvalue weighted by Gasteiger charge is 2.21. The minimum absolute atomic E-state index is 0.0119. The molecule has 0 radical (unpaired) electrons. The van der Waals surface area contributed by atoms with Gasteiger partial charge in [0.25, 0.3) is 0 Å². The number of ether oxygens (including phenoxy) is 2. The van der Waals surface area contributed by atoms with Crippen LogP contribution in [0.5, 0.6) is 0 Å². The van der Waals surface area contributed by atoms with Crippen molar-refractivity contribution in [3.8, 4) is 0 Å². The number of carboxylic acids is 1. The number of aliphatic hydroxyl groups excluding tert-OH is 1. The van der Waals surface area contributed by atoms with E-state index in [0.717, 1.165) is 0 Å². The second-order valence-corrected chi connectivity index (χ2v) is 17.3. The first-order valence-corrected chi connectivity index (χ1v) is 27.2. The Bertz CT molecular complexity index is 1970. The fourth-order valence-electron chi connectivity index (χ4n) is 3.01. The van der Waals surface area contributed by atoms with Crippen LogP contribution < -0.4 is 0 Å². The van der Waals surface area contributed by atoms with Gasteiger partial charge in [-0.05, 0) is 52.7 Å². The van der Waals surface area contributed by atoms with E-state index in [2.05, 4.69) is 61.2 Å². The van der Waals surface area contributed by atoms with Gasteiger partial charge in [0.05, 0.1) is 18.9 Å². The standard InChI is InChI=1S/C9H11ClN2O2S.C8H8Cl2N2O2S.C6H4Cl2N2O2S.C5H4Cl2N2S.C2H6O.C2H6.CO2.Cl2OS/c1-4-14-8(13)6-5(2)11-9(15-3)12-7(6)10;1-3-14-7(13)4-5(9)11-8(15-2)12-6(4)10;1-13-6-9-3(7)2(5(11)12)4(8)10-6;1-10-5-8-3(6)2-4(7)9-5;1-2-3;1-2;2-1-3;1-4(2)3/h4H2,1-3H3;3H2,1-2H3;1H3,(H,11,12);2H,1H3;3H,2H2,1H3;1-2H3;;. The van der Waals surface area contributed by atoms with Crippen LogP contribution in [-0.2, 0) is 28.3 Å². The summed E-state index contributed by atoms with van der Waals surface area (Å²) in [6.45, 7) is 11.6. The van der Waals surface area contributed by atoms with Gasteiger partial charge in [-0.2, -0.15) is 9.59 Å². The Balaban J connectivity index is -0.000000354. The van der Waals surface area contributed by atoms with Crippen molar-refractivity contribution in [1.82, 2.24) is 39.9 Å². The van der Waals surface area contributed by atoms with Crippen LogP contribution in [0.1, 0.15) is 71.4 Å². The molecule has 4 rings (SSSR count). The van der Waals surface area contributed by atoms with Crippen molar-refractivity contribution in [2.45, 2.75) is 62.2 Å². The van der Waals surface area contributed by atoms with Gasteiger partial charge in [-0.1, -0.05) is 142 Å². The van der Waals surface area contributed by atoms with Gasteiger partial charge in [0.1, 0.15) is 52.8 Å². The van der Waals surface area contributed by atoms with E-state index < -0.39 is 27.1 Å². The van der Waals surface area contributed by atoms with Crippen molar-refractivity contribution in [3.05, 3.63) is 64.5 Å². The van der Waals surface area contributed by atoms with Gasteiger partial charge in [-0.3, -0.25) is 0 Å². The Morgan fingerprint density at radius 2 is 0.846 bits per heavy atom. The summed E-state index contributed by atoms with van der Waals surface area (Å²) in [6.07, 6.45) is 7.48. The lowest BCUT2D eigenvalue weighted by Crippen LogP contribution is -2.10. The predicted molar refractivity (Wildman–Crippen MR) is 263 cm³/mol. The van der Waals surface area contributed by atoms with Gasteiger partial charge in [-0.25, -0.2) is 58.5 Å². The zero-order valence-corrected chi connectivity index (χ0v) is 46.3. The average molecular weight is 1190 g/mol. The molecule has 65 heavy (non-hydrogen) atoms. The van der Waals surface area contributed by atoms with Gasteiger partial charge >= 0.3 is 24.1 Å². The van der Waals surface area contributed by atoms with Crippen LogP contribution in [0.25, 0.3) is 0 Å². The van der Waals surface area contributed by atoms with Crippen molar-refractivity contribution in [2.75, 3.05) is 44.8 Å². The molecule has 0 saturated heterocycles. The molecule has 2 N–H and O–H groups in total. The number of esters is 2. The number of aromatic nitrogens is 8. The van der Waals surface area contributed by atoms with Gasteiger partial charge < -0.3 is 19.7 Å². The number of aromatic carboxylic acids is 1. The highest BCUT2D eigenvalue weighted by molar-refractivity contribution is 8.26. The van der Waals surface area contributed by atoms with Crippen LogP contribution in [0.2, 0.25) is 36.1 Å². The molecule has 0 atom stereocenters. The van der Waals surface area contributed by atoms with Crippen molar-refractivity contribution in [1.29, 1.82) is 0 Å². The number of hydrogen-bond acceptors (Lipinski definition) is 21. The molecule has 0 aromatic carbocycles. The molecular weight excluding hydrogens is 1150 g/mol. The minimum Gasteiger partial charge on any atom is -0.477 e. The van der Waals surface area contributed by atoms with Crippen molar-refractivity contribution < 1.29 is 47.9 Å². The summed E-state index contributed by atoms with van der Waals surface area (Å²) in [4.78, 5) is 80.8. The highest BCUT2D eigenvalue weighted by Crippen LogP contribution is 2.26. The van der Waals surface area contributed by atoms with Crippen molar-refractivity contribution in [3.63, 3.8) is 0 Å². The van der Waals surface area contributed by atoms with E-state index >= 15 is 0 Å². The number of carbonyl (C=O) groups is 3. The summed E-state index contributed by atoms with van der Waals surface area (Å²) in [7, 11) is 7.36. The van der Waals surface area contributed by atoms with Crippen LogP contribution in [0, 0.1) is 6.92 Å². The SMILES string of the molecule is CC.CCO.CCOC(=O)c1c(C)nc(SC)nc1Cl.CCOC(=O)c1c(Cl)nc(SC)nc1Cl.CSc1nc(Cl)c(C(=O)O)c(Cl)n1.CSc1nc(Cl)cc(Cl)n1.O=C=O.O=S(Cl)Cl. The molecule has 0 spiro atoms. The zero-order valence-electron chi connectivity index (χ0n) is 35.4. The van der Waals surface area contributed by atoms with Crippen LogP contribution >= 0.6 is 150 Å². The molecule has 0 saturated carbocycles. The van der Waals surface area contributed by atoms with E-state index in [-0.39, 0.29) is 61.8 Å². The third kappa shape index (κ3) is 31.8. The summed E-state index contributed by atoms with van der Waals surface area (Å²) in [6, 6.07) is 1.50. The normalized spacial score (nSPS) is 9.25. The number of nitrogens with zero attached hydrogens (tertiary/aromatic N) is 8. The molecule has 0 aliphatic rings. The maximum atomic E-state index is 11.5. The summed E-state index contributed by atoms with van der Waals surface area (Å²) < 4.78 is 18.7. The van der Waals surface area contributed by atoms with E-state index in [9.17, 15) is 14.4 Å². The molecule has 364 valence electrons. The maximum absolute atomic E-state index is 11.5. The maximum Gasteiger partial charge on any atom is 0.373 e. The second kappa shape index (κ2) is 42.3. The lowest BCUT2D eigenvalue weighted by molar-refractivity contribution is -0.191. The van der Waals surface area contributed by atoms with Crippen molar-refractivity contribution >= 4 is 183 Å². The number of rotatable bonds is 9. The molecule has 0 aliphatic heterocycles. The molecule has 18 nitrogen and oxygen atoms in total. The number of hydrogen-bond donors (Lipinski definition) is 2. The molecule has 4 heterocycles. The van der Waals surface area contributed by atoms with Gasteiger partial charge in [0.2, 0.25) is 9.23 Å². The molecule has 4 aromatic heterocycles. The Kier molecular flexibility index (Phi) is 45.5. The second-order valence-electron chi connectivity index (χ2n) is 9.13. The summed E-state index contributed by atoms with van der Waals surface area (Å²) in [5.74, 6) is -2.32.